The van der Waals surface area contributed by atoms with Crippen LogP contribution in [0.1, 0.15) is 23.7 Å². The minimum absolute atomic E-state index is 0.199. The summed E-state index contributed by atoms with van der Waals surface area (Å²) in [5, 5.41) is 2.78. The number of amides is 2. The Kier molecular flexibility index (Phi) is 7.29. The maximum absolute atomic E-state index is 13.2. The number of para-hydroxylation sites is 2. The van der Waals surface area contributed by atoms with Gasteiger partial charge in [-0.15, -0.1) is 0 Å². The molecule has 1 atom stereocenters. The number of nitrogens with zero attached hydrogens (tertiary/aromatic N) is 2. The highest BCUT2D eigenvalue weighted by atomic mass is 32.2. The van der Waals surface area contributed by atoms with Gasteiger partial charge in [-0.05, 0) is 30.7 Å². The second-order valence-corrected chi connectivity index (χ2v) is 9.12. The number of morpholine rings is 1. The van der Waals surface area contributed by atoms with Crippen LogP contribution in [0.5, 0.6) is 0 Å². The van der Waals surface area contributed by atoms with Crippen molar-refractivity contribution in [2.24, 2.45) is 0 Å². The van der Waals surface area contributed by atoms with E-state index in [0.717, 1.165) is 10.6 Å². The quantitative estimate of drug-likeness (QED) is 0.706. The number of anilines is 2. The second-order valence-electron chi connectivity index (χ2n) is 7.26. The number of hydrogen-bond donors (Lipinski definition) is 1. The number of rotatable bonds is 7. The first-order valence-corrected chi connectivity index (χ1v) is 12.0. The molecule has 9 heteroatoms. The predicted molar refractivity (Wildman–Crippen MR) is 120 cm³/mol. The fourth-order valence-corrected chi connectivity index (χ4v) is 4.78. The maximum Gasteiger partial charge on any atom is 0.256 e. The van der Waals surface area contributed by atoms with E-state index in [9.17, 15) is 18.0 Å². The molecule has 0 unspecified atom stereocenters. The Bertz CT molecular complexity index is 1020. The lowest BCUT2D eigenvalue weighted by molar-refractivity contribution is -0.117. The van der Waals surface area contributed by atoms with E-state index < -0.39 is 22.0 Å². The van der Waals surface area contributed by atoms with Crippen molar-refractivity contribution in [2.75, 3.05) is 42.2 Å². The smallest absolute Gasteiger partial charge is 0.256 e. The van der Waals surface area contributed by atoms with Crippen molar-refractivity contribution in [1.29, 1.82) is 0 Å². The highest BCUT2D eigenvalue weighted by Gasteiger charge is 2.32. The van der Waals surface area contributed by atoms with E-state index in [1.165, 1.54) is 0 Å². The first kappa shape index (κ1) is 22.8. The zero-order chi connectivity index (χ0) is 22.4. The molecule has 1 aliphatic heterocycles. The van der Waals surface area contributed by atoms with E-state index in [1.807, 2.05) is 0 Å². The van der Waals surface area contributed by atoms with Crippen molar-refractivity contribution >= 4 is 33.2 Å². The Morgan fingerprint density at radius 3 is 2.29 bits per heavy atom. The second kappa shape index (κ2) is 9.93. The molecule has 1 N–H and O–H groups in total. The molecule has 1 saturated heterocycles. The summed E-state index contributed by atoms with van der Waals surface area (Å²) in [5.74, 6) is -0.700. The van der Waals surface area contributed by atoms with E-state index in [-0.39, 0.29) is 12.3 Å². The van der Waals surface area contributed by atoms with E-state index >= 15 is 0 Å². The molecular weight excluding hydrogens is 418 g/mol. The molecule has 2 amide bonds. The average molecular weight is 446 g/mol. The Labute approximate surface area is 182 Å². The van der Waals surface area contributed by atoms with Crippen LogP contribution >= 0.6 is 0 Å². The van der Waals surface area contributed by atoms with Gasteiger partial charge in [0.2, 0.25) is 15.9 Å². The summed E-state index contributed by atoms with van der Waals surface area (Å²) in [7, 11) is -3.73. The molecule has 2 aromatic carbocycles. The summed E-state index contributed by atoms with van der Waals surface area (Å²) in [4.78, 5) is 27.8. The summed E-state index contributed by atoms with van der Waals surface area (Å²) in [6.45, 7) is 3.65. The molecule has 0 aliphatic carbocycles. The van der Waals surface area contributed by atoms with Crippen LogP contribution in [-0.4, -0.2) is 63.7 Å². The van der Waals surface area contributed by atoms with Crippen LogP contribution in [0, 0.1) is 0 Å². The lowest BCUT2D eigenvalue weighted by Gasteiger charge is -2.30. The van der Waals surface area contributed by atoms with Crippen LogP contribution in [0.4, 0.5) is 11.4 Å². The highest BCUT2D eigenvalue weighted by molar-refractivity contribution is 7.92. The summed E-state index contributed by atoms with van der Waals surface area (Å²) in [5.41, 5.74) is 1.12. The average Bonchev–Trinajstić information content (AvgIpc) is 2.77. The molecule has 2 aromatic rings. The van der Waals surface area contributed by atoms with Gasteiger partial charge in [-0.3, -0.25) is 13.9 Å². The van der Waals surface area contributed by atoms with Crippen molar-refractivity contribution in [3.63, 3.8) is 0 Å². The summed E-state index contributed by atoms with van der Waals surface area (Å²) in [6, 6.07) is 14.3. The maximum atomic E-state index is 13.2. The van der Waals surface area contributed by atoms with Gasteiger partial charge in [-0.2, -0.15) is 0 Å². The van der Waals surface area contributed by atoms with Crippen molar-refractivity contribution in [2.45, 2.75) is 19.4 Å². The first-order valence-electron chi connectivity index (χ1n) is 10.1. The van der Waals surface area contributed by atoms with Crippen LogP contribution in [0.25, 0.3) is 0 Å². The molecule has 0 saturated carbocycles. The molecule has 8 nitrogen and oxygen atoms in total. The van der Waals surface area contributed by atoms with Gasteiger partial charge in [0.1, 0.15) is 6.04 Å². The van der Waals surface area contributed by atoms with Crippen LogP contribution in [0.15, 0.2) is 54.6 Å². The fourth-order valence-electron chi connectivity index (χ4n) is 3.57. The number of benzene rings is 2. The lowest BCUT2D eigenvalue weighted by Crippen LogP contribution is -2.47. The molecule has 3 rings (SSSR count). The van der Waals surface area contributed by atoms with E-state index in [0.29, 0.717) is 43.2 Å². The molecule has 31 heavy (non-hydrogen) atoms. The van der Waals surface area contributed by atoms with Crippen LogP contribution in [-0.2, 0) is 19.6 Å². The lowest BCUT2D eigenvalue weighted by atomic mass is 10.1. The molecule has 0 spiro atoms. The van der Waals surface area contributed by atoms with E-state index in [1.54, 1.807) is 66.4 Å². The standard InChI is InChI=1S/C22H27N3O5S/c1-3-20(25(31(2,28)29)17-9-5-4-6-10-17)21(26)23-19-12-8-7-11-18(19)22(27)24-13-15-30-16-14-24/h4-12,20H,3,13-16H2,1-2H3,(H,23,26)/t20-/m0/s1. The van der Waals surface area contributed by atoms with Crippen LogP contribution in [0.2, 0.25) is 0 Å². The van der Waals surface area contributed by atoms with Gasteiger partial charge in [0, 0.05) is 13.1 Å². The zero-order valence-electron chi connectivity index (χ0n) is 17.7. The van der Waals surface area contributed by atoms with Crippen LogP contribution < -0.4 is 9.62 Å². The predicted octanol–water partition coefficient (Wildman–Crippen LogP) is 2.34. The molecule has 0 aromatic heterocycles. The van der Waals surface area contributed by atoms with Gasteiger partial charge in [0.15, 0.2) is 0 Å². The zero-order valence-corrected chi connectivity index (χ0v) is 18.5. The number of hydrogen-bond acceptors (Lipinski definition) is 5. The number of ether oxygens (including phenoxy) is 1. The third kappa shape index (κ3) is 5.42. The number of carbonyl (C=O) groups excluding carboxylic acids is 2. The van der Waals surface area contributed by atoms with Gasteiger partial charge >= 0.3 is 0 Å². The molecule has 0 radical (unpaired) electrons. The monoisotopic (exact) mass is 445 g/mol. The fraction of sp³-hybridized carbons (Fsp3) is 0.364. The molecule has 1 heterocycles. The molecule has 0 bridgehead atoms. The molecular formula is C22H27N3O5S. The minimum Gasteiger partial charge on any atom is -0.378 e. The highest BCUT2D eigenvalue weighted by Crippen LogP contribution is 2.24. The summed E-state index contributed by atoms with van der Waals surface area (Å²) < 4.78 is 31.5. The summed E-state index contributed by atoms with van der Waals surface area (Å²) in [6.07, 6.45) is 1.33. The van der Waals surface area contributed by atoms with Gasteiger partial charge < -0.3 is 15.0 Å². The third-order valence-electron chi connectivity index (χ3n) is 5.05. The first-order chi connectivity index (χ1) is 14.8. The Morgan fingerprint density at radius 2 is 1.68 bits per heavy atom. The number of carbonyl (C=O) groups is 2. The third-order valence-corrected chi connectivity index (χ3v) is 6.23. The molecule has 166 valence electrons. The number of nitrogens with one attached hydrogen (secondary N) is 1. The van der Waals surface area contributed by atoms with Crippen molar-refractivity contribution < 1.29 is 22.7 Å². The van der Waals surface area contributed by atoms with Crippen molar-refractivity contribution in [3.8, 4) is 0 Å². The van der Waals surface area contributed by atoms with E-state index in [4.69, 9.17) is 4.74 Å². The normalized spacial score (nSPS) is 15.2. The van der Waals surface area contributed by atoms with Crippen molar-refractivity contribution in [3.05, 3.63) is 60.2 Å². The van der Waals surface area contributed by atoms with Gasteiger partial charge in [-0.1, -0.05) is 37.3 Å². The Balaban J connectivity index is 1.88. The van der Waals surface area contributed by atoms with Crippen molar-refractivity contribution in [1.82, 2.24) is 4.90 Å². The van der Waals surface area contributed by atoms with Crippen LogP contribution in [0.3, 0.4) is 0 Å². The Morgan fingerprint density at radius 1 is 1.06 bits per heavy atom. The molecule has 1 aliphatic rings. The topological polar surface area (TPSA) is 96.0 Å². The number of sulfonamides is 1. The van der Waals surface area contributed by atoms with Gasteiger partial charge in [0.05, 0.1) is 36.4 Å². The Hall–Kier alpha value is -2.91. The SMILES string of the molecule is CC[C@@H](C(=O)Nc1ccccc1C(=O)N1CCOCC1)N(c1ccccc1)S(C)(=O)=O. The summed E-state index contributed by atoms with van der Waals surface area (Å²) >= 11 is 0. The minimum atomic E-state index is -3.73. The molecule has 1 fully saturated rings. The van der Waals surface area contributed by atoms with Gasteiger partial charge in [0.25, 0.3) is 5.91 Å². The largest absolute Gasteiger partial charge is 0.378 e. The van der Waals surface area contributed by atoms with E-state index in [2.05, 4.69) is 5.32 Å². The van der Waals surface area contributed by atoms with Gasteiger partial charge in [-0.25, -0.2) is 8.42 Å².